The third-order valence-corrected chi connectivity index (χ3v) is 3.40. The lowest BCUT2D eigenvalue weighted by atomic mass is 9.96. The Kier molecular flexibility index (Phi) is 4.48. The summed E-state index contributed by atoms with van der Waals surface area (Å²) in [4.78, 5) is 8.18. The molecule has 0 radical (unpaired) electrons. The molecule has 2 aromatic rings. The number of rotatable bonds is 4. The van der Waals surface area contributed by atoms with Crippen LogP contribution in [0.25, 0.3) is 0 Å². The molecule has 4 nitrogen and oxygen atoms in total. The molecular formula is C14H15Cl2N3O. The van der Waals surface area contributed by atoms with E-state index in [2.05, 4.69) is 15.3 Å². The standard InChI is InChI=1S/C14H15Cl2N3O/c1-9-18-12(16)7-13(19-9)17-8-14(2,20)10-5-3-4-6-11(10)15/h3-7,20H,8H2,1-2H3,(H,17,18,19). The SMILES string of the molecule is Cc1nc(Cl)cc(NCC(C)(O)c2ccccc2Cl)n1. The van der Waals surface area contributed by atoms with Gasteiger partial charge in [0.2, 0.25) is 0 Å². The van der Waals surface area contributed by atoms with Gasteiger partial charge in [-0.25, -0.2) is 9.97 Å². The van der Waals surface area contributed by atoms with E-state index < -0.39 is 5.60 Å². The van der Waals surface area contributed by atoms with E-state index >= 15 is 0 Å². The van der Waals surface area contributed by atoms with E-state index in [1.54, 1.807) is 32.0 Å². The fourth-order valence-corrected chi connectivity index (χ4v) is 2.44. The molecular weight excluding hydrogens is 297 g/mol. The van der Waals surface area contributed by atoms with Crippen LogP contribution >= 0.6 is 23.2 Å². The van der Waals surface area contributed by atoms with Crippen LogP contribution in [0.3, 0.4) is 0 Å². The van der Waals surface area contributed by atoms with Gasteiger partial charge in [-0.05, 0) is 19.9 Å². The summed E-state index contributed by atoms with van der Waals surface area (Å²) in [6.45, 7) is 3.70. The fourth-order valence-electron chi connectivity index (χ4n) is 1.88. The van der Waals surface area contributed by atoms with E-state index in [0.29, 0.717) is 27.4 Å². The van der Waals surface area contributed by atoms with E-state index in [0.717, 1.165) is 0 Å². The van der Waals surface area contributed by atoms with Crippen molar-refractivity contribution in [2.45, 2.75) is 19.4 Å². The predicted molar refractivity (Wildman–Crippen MR) is 81.3 cm³/mol. The van der Waals surface area contributed by atoms with E-state index in [4.69, 9.17) is 23.2 Å². The van der Waals surface area contributed by atoms with Crippen molar-refractivity contribution in [1.82, 2.24) is 9.97 Å². The monoisotopic (exact) mass is 311 g/mol. The molecule has 1 aromatic heterocycles. The van der Waals surface area contributed by atoms with Crippen LogP contribution in [0.15, 0.2) is 30.3 Å². The number of nitrogens with one attached hydrogen (secondary N) is 1. The van der Waals surface area contributed by atoms with Crippen LogP contribution in [0.5, 0.6) is 0 Å². The predicted octanol–water partition coefficient (Wildman–Crippen LogP) is 3.41. The molecule has 106 valence electrons. The zero-order chi connectivity index (χ0) is 14.8. The largest absolute Gasteiger partial charge is 0.384 e. The maximum absolute atomic E-state index is 10.5. The molecule has 1 unspecified atom stereocenters. The molecule has 0 aliphatic heterocycles. The minimum Gasteiger partial charge on any atom is -0.384 e. The van der Waals surface area contributed by atoms with Crippen molar-refractivity contribution in [1.29, 1.82) is 0 Å². The van der Waals surface area contributed by atoms with Gasteiger partial charge in [0, 0.05) is 23.2 Å². The van der Waals surface area contributed by atoms with E-state index in [1.807, 2.05) is 12.1 Å². The summed E-state index contributed by atoms with van der Waals surface area (Å²) in [5.41, 5.74) is -0.463. The van der Waals surface area contributed by atoms with Gasteiger partial charge in [-0.3, -0.25) is 0 Å². The van der Waals surface area contributed by atoms with Crippen LogP contribution in [0.1, 0.15) is 18.3 Å². The van der Waals surface area contributed by atoms with Gasteiger partial charge in [-0.15, -0.1) is 0 Å². The average molecular weight is 312 g/mol. The number of nitrogens with zero attached hydrogens (tertiary/aromatic N) is 2. The fraction of sp³-hybridized carbons (Fsp3) is 0.286. The van der Waals surface area contributed by atoms with Crippen molar-refractivity contribution < 1.29 is 5.11 Å². The zero-order valence-electron chi connectivity index (χ0n) is 11.2. The minimum atomic E-state index is -1.12. The number of anilines is 1. The molecule has 0 aliphatic carbocycles. The Morgan fingerprint density at radius 2 is 1.95 bits per heavy atom. The molecule has 1 aromatic carbocycles. The summed E-state index contributed by atoms with van der Waals surface area (Å²) in [7, 11) is 0. The molecule has 0 amide bonds. The third kappa shape index (κ3) is 3.60. The van der Waals surface area contributed by atoms with Crippen LogP contribution in [0.4, 0.5) is 5.82 Å². The molecule has 1 heterocycles. The van der Waals surface area contributed by atoms with Gasteiger partial charge < -0.3 is 10.4 Å². The summed E-state index contributed by atoms with van der Waals surface area (Å²) in [5.74, 6) is 1.13. The highest BCUT2D eigenvalue weighted by Gasteiger charge is 2.25. The quantitative estimate of drug-likeness (QED) is 0.850. The zero-order valence-corrected chi connectivity index (χ0v) is 12.7. The Bertz CT molecular complexity index is 597. The molecule has 0 fully saturated rings. The number of hydrogen-bond donors (Lipinski definition) is 2. The number of aliphatic hydroxyl groups is 1. The second kappa shape index (κ2) is 5.95. The first-order valence-electron chi connectivity index (χ1n) is 6.11. The number of aryl methyl sites for hydroxylation is 1. The van der Waals surface area contributed by atoms with Crippen molar-refractivity contribution in [2.75, 3.05) is 11.9 Å². The van der Waals surface area contributed by atoms with Gasteiger partial charge >= 0.3 is 0 Å². The molecule has 2 N–H and O–H groups in total. The van der Waals surface area contributed by atoms with Gasteiger partial charge in [-0.1, -0.05) is 41.4 Å². The van der Waals surface area contributed by atoms with Crippen LogP contribution in [-0.4, -0.2) is 21.6 Å². The highest BCUT2D eigenvalue weighted by atomic mass is 35.5. The summed E-state index contributed by atoms with van der Waals surface area (Å²) < 4.78 is 0. The normalized spacial score (nSPS) is 13.8. The van der Waals surface area contributed by atoms with Crippen LogP contribution < -0.4 is 5.32 Å². The van der Waals surface area contributed by atoms with E-state index in [1.165, 1.54) is 0 Å². The van der Waals surface area contributed by atoms with Crippen molar-refractivity contribution in [3.63, 3.8) is 0 Å². The number of hydrogen-bond acceptors (Lipinski definition) is 4. The first kappa shape index (κ1) is 15.0. The molecule has 20 heavy (non-hydrogen) atoms. The highest BCUT2D eigenvalue weighted by Crippen LogP contribution is 2.28. The topological polar surface area (TPSA) is 58.0 Å². The van der Waals surface area contributed by atoms with Gasteiger partial charge in [0.25, 0.3) is 0 Å². The molecule has 0 aliphatic rings. The molecule has 0 saturated carbocycles. The number of halogens is 2. The Labute approximate surface area is 127 Å². The second-order valence-electron chi connectivity index (χ2n) is 4.73. The Hall–Kier alpha value is -1.36. The summed E-state index contributed by atoms with van der Waals surface area (Å²) in [6, 6.07) is 8.81. The van der Waals surface area contributed by atoms with E-state index in [-0.39, 0.29) is 6.54 Å². The lowest BCUT2D eigenvalue weighted by molar-refractivity contribution is 0.0715. The van der Waals surface area contributed by atoms with Crippen molar-refractivity contribution in [3.05, 3.63) is 51.9 Å². The highest BCUT2D eigenvalue weighted by molar-refractivity contribution is 6.31. The van der Waals surface area contributed by atoms with Crippen molar-refractivity contribution in [3.8, 4) is 0 Å². The first-order chi connectivity index (χ1) is 9.38. The first-order valence-corrected chi connectivity index (χ1v) is 6.86. The Morgan fingerprint density at radius 1 is 1.25 bits per heavy atom. The average Bonchev–Trinajstić information content (AvgIpc) is 2.36. The van der Waals surface area contributed by atoms with Gasteiger partial charge in [0.05, 0.1) is 0 Å². The maximum Gasteiger partial charge on any atom is 0.134 e. The van der Waals surface area contributed by atoms with Crippen LogP contribution in [0.2, 0.25) is 10.2 Å². The summed E-state index contributed by atoms with van der Waals surface area (Å²) in [6.07, 6.45) is 0. The molecule has 1 atom stereocenters. The Morgan fingerprint density at radius 3 is 2.60 bits per heavy atom. The molecule has 0 saturated heterocycles. The second-order valence-corrected chi connectivity index (χ2v) is 5.52. The lowest BCUT2D eigenvalue weighted by Crippen LogP contribution is -2.31. The van der Waals surface area contributed by atoms with Crippen molar-refractivity contribution >= 4 is 29.0 Å². The molecule has 2 rings (SSSR count). The van der Waals surface area contributed by atoms with E-state index in [9.17, 15) is 5.11 Å². The van der Waals surface area contributed by atoms with Crippen LogP contribution in [0, 0.1) is 6.92 Å². The summed E-state index contributed by atoms with van der Waals surface area (Å²) in [5, 5.41) is 14.5. The van der Waals surface area contributed by atoms with Gasteiger partial charge in [0.15, 0.2) is 0 Å². The molecule has 6 heteroatoms. The molecule has 0 bridgehead atoms. The van der Waals surface area contributed by atoms with Gasteiger partial charge in [0.1, 0.15) is 22.4 Å². The lowest BCUT2D eigenvalue weighted by Gasteiger charge is -2.25. The Balaban J connectivity index is 2.15. The van der Waals surface area contributed by atoms with Gasteiger partial charge in [-0.2, -0.15) is 0 Å². The molecule has 0 spiro atoms. The third-order valence-electron chi connectivity index (χ3n) is 2.87. The summed E-state index contributed by atoms with van der Waals surface area (Å²) >= 11 is 12.0. The maximum atomic E-state index is 10.5. The van der Waals surface area contributed by atoms with Crippen molar-refractivity contribution in [2.24, 2.45) is 0 Å². The minimum absolute atomic E-state index is 0.253. The van der Waals surface area contributed by atoms with Crippen LogP contribution in [-0.2, 0) is 5.60 Å². The number of benzene rings is 1. The number of aromatic nitrogens is 2. The smallest absolute Gasteiger partial charge is 0.134 e.